The van der Waals surface area contributed by atoms with E-state index < -0.39 is 0 Å². The van der Waals surface area contributed by atoms with Gasteiger partial charge in [0.05, 0.1) is 5.69 Å². The fourth-order valence-corrected chi connectivity index (χ4v) is 3.42. The fraction of sp³-hybridized carbons (Fsp3) is 0.167. The molecule has 2 aromatic carbocycles. The summed E-state index contributed by atoms with van der Waals surface area (Å²) in [7, 11) is 0. The van der Waals surface area contributed by atoms with Crippen LogP contribution < -0.4 is 19.5 Å². The smallest absolute Gasteiger partial charge is 0.251 e. The highest BCUT2D eigenvalue weighted by Crippen LogP contribution is 2.32. The van der Waals surface area contributed by atoms with E-state index in [2.05, 4.69) is 10.3 Å². The van der Waals surface area contributed by atoms with Gasteiger partial charge in [0.2, 0.25) is 6.79 Å². The van der Waals surface area contributed by atoms with Crippen LogP contribution in [0.2, 0.25) is 0 Å². The van der Waals surface area contributed by atoms with Gasteiger partial charge in [0.25, 0.3) is 5.91 Å². The maximum Gasteiger partial charge on any atom is 0.251 e. The van der Waals surface area contributed by atoms with Crippen molar-refractivity contribution in [3.63, 3.8) is 0 Å². The second-order valence-corrected chi connectivity index (χ2v) is 7.39. The Balaban J connectivity index is 1.16. The Morgan fingerprint density at radius 1 is 1.06 bits per heavy atom. The molecule has 0 fully saturated rings. The van der Waals surface area contributed by atoms with Crippen molar-refractivity contribution in [1.82, 2.24) is 14.7 Å². The third kappa shape index (κ3) is 4.16. The Labute approximate surface area is 179 Å². The molecule has 7 heteroatoms. The largest absolute Gasteiger partial charge is 0.487 e. The van der Waals surface area contributed by atoms with Crippen LogP contribution in [0.5, 0.6) is 17.2 Å². The summed E-state index contributed by atoms with van der Waals surface area (Å²) in [5, 5.41) is 2.91. The summed E-state index contributed by atoms with van der Waals surface area (Å²) < 4.78 is 18.5. The first-order valence-electron chi connectivity index (χ1n) is 9.98. The Morgan fingerprint density at radius 3 is 2.77 bits per heavy atom. The summed E-state index contributed by atoms with van der Waals surface area (Å²) in [6.45, 7) is 3.04. The molecule has 4 aromatic rings. The third-order valence-corrected chi connectivity index (χ3v) is 5.04. The first-order valence-corrected chi connectivity index (χ1v) is 9.98. The van der Waals surface area contributed by atoms with Crippen LogP contribution in [0.3, 0.4) is 0 Å². The maximum absolute atomic E-state index is 12.4. The summed E-state index contributed by atoms with van der Waals surface area (Å²) in [5.41, 5.74) is 4.41. The number of benzene rings is 2. The lowest BCUT2D eigenvalue weighted by molar-refractivity contribution is 0.0950. The van der Waals surface area contributed by atoms with Gasteiger partial charge in [-0.1, -0.05) is 12.1 Å². The molecule has 2 aromatic heterocycles. The average Bonchev–Trinajstić information content (AvgIpc) is 3.42. The number of amides is 1. The van der Waals surface area contributed by atoms with E-state index in [0.29, 0.717) is 30.2 Å². The highest BCUT2D eigenvalue weighted by atomic mass is 16.7. The van der Waals surface area contributed by atoms with E-state index in [1.165, 1.54) is 5.56 Å². The number of carbonyl (C=O) groups excluding carboxylic acids is 1. The van der Waals surface area contributed by atoms with E-state index in [9.17, 15) is 4.79 Å². The van der Waals surface area contributed by atoms with Crippen molar-refractivity contribution in [3.05, 3.63) is 89.4 Å². The molecule has 1 aliphatic rings. The molecule has 1 aliphatic heterocycles. The highest BCUT2D eigenvalue weighted by molar-refractivity contribution is 5.94. The summed E-state index contributed by atoms with van der Waals surface area (Å²) in [6, 6.07) is 16.7. The van der Waals surface area contributed by atoms with Crippen LogP contribution >= 0.6 is 0 Å². The van der Waals surface area contributed by atoms with Gasteiger partial charge in [0.15, 0.2) is 11.5 Å². The number of ether oxygens (including phenoxy) is 3. The van der Waals surface area contributed by atoms with Gasteiger partial charge < -0.3 is 23.9 Å². The zero-order valence-corrected chi connectivity index (χ0v) is 17.0. The Hall–Kier alpha value is -4.00. The number of imidazole rings is 1. The summed E-state index contributed by atoms with van der Waals surface area (Å²) in [6.07, 6.45) is 3.99. The Bertz CT molecular complexity index is 1250. The number of aryl methyl sites for hydroxylation is 1. The molecular weight excluding hydrogens is 394 g/mol. The molecule has 0 atom stereocenters. The van der Waals surface area contributed by atoms with Crippen molar-refractivity contribution in [2.24, 2.45) is 0 Å². The van der Waals surface area contributed by atoms with E-state index in [-0.39, 0.29) is 12.7 Å². The number of hydrogen-bond donors (Lipinski definition) is 1. The van der Waals surface area contributed by atoms with Crippen molar-refractivity contribution >= 4 is 11.6 Å². The van der Waals surface area contributed by atoms with E-state index in [1.807, 2.05) is 54.0 Å². The van der Waals surface area contributed by atoms with Crippen LogP contribution in [-0.4, -0.2) is 22.1 Å². The Kier molecular flexibility index (Phi) is 4.92. The monoisotopic (exact) mass is 415 g/mol. The van der Waals surface area contributed by atoms with Crippen LogP contribution in [0, 0.1) is 6.92 Å². The molecule has 0 radical (unpaired) electrons. The lowest BCUT2D eigenvalue weighted by atomic mass is 10.1. The number of aromatic nitrogens is 2. The van der Waals surface area contributed by atoms with Gasteiger partial charge in [-0.3, -0.25) is 4.79 Å². The van der Waals surface area contributed by atoms with Crippen molar-refractivity contribution in [2.45, 2.75) is 20.1 Å². The van der Waals surface area contributed by atoms with Gasteiger partial charge >= 0.3 is 0 Å². The molecular formula is C24H21N3O4. The fourth-order valence-electron chi connectivity index (χ4n) is 3.42. The second kappa shape index (κ2) is 8.02. The molecule has 5 rings (SSSR count). The molecule has 0 saturated carbocycles. The van der Waals surface area contributed by atoms with Crippen LogP contribution in [0.4, 0.5) is 0 Å². The van der Waals surface area contributed by atoms with Crippen LogP contribution in [0.1, 0.15) is 27.2 Å². The van der Waals surface area contributed by atoms with E-state index in [0.717, 1.165) is 22.7 Å². The normalized spacial score (nSPS) is 12.2. The molecule has 31 heavy (non-hydrogen) atoms. The zero-order chi connectivity index (χ0) is 21.2. The lowest BCUT2D eigenvalue weighted by Gasteiger charge is -2.08. The van der Waals surface area contributed by atoms with Crippen LogP contribution in [0.25, 0.3) is 5.65 Å². The SMILES string of the molecule is Cc1ccc2nc(COc3ccc(C(=O)NCc4ccc5c(c4)OCO5)cc3)cn2c1. The van der Waals surface area contributed by atoms with Gasteiger partial charge in [-0.05, 0) is 60.5 Å². The summed E-state index contributed by atoms with van der Waals surface area (Å²) in [5.74, 6) is 1.96. The van der Waals surface area contributed by atoms with Crippen molar-refractivity contribution < 1.29 is 19.0 Å². The van der Waals surface area contributed by atoms with Crippen LogP contribution in [-0.2, 0) is 13.2 Å². The highest BCUT2D eigenvalue weighted by Gasteiger charge is 2.14. The van der Waals surface area contributed by atoms with Gasteiger partial charge in [-0.15, -0.1) is 0 Å². The lowest BCUT2D eigenvalue weighted by Crippen LogP contribution is -2.22. The molecule has 0 aliphatic carbocycles. The zero-order valence-electron chi connectivity index (χ0n) is 17.0. The summed E-state index contributed by atoms with van der Waals surface area (Å²) >= 11 is 0. The predicted molar refractivity (Wildman–Crippen MR) is 114 cm³/mol. The predicted octanol–water partition coefficient (Wildman–Crippen LogP) is 3.88. The Morgan fingerprint density at radius 2 is 1.90 bits per heavy atom. The second-order valence-electron chi connectivity index (χ2n) is 7.39. The molecule has 7 nitrogen and oxygen atoms in total. The first kappa shape index (κ1) is 19.0. The average molecular weight is 415 g/mol. The molecule has 0 unspecified atom stereocenters. The van der Waals surface area contributed by atoms with E-state index in [1.54, 1.807) is 24.3 Å². The first-order chi connectivity index (χ1) is 15.1. The topological polar surface area (TPSA) is 74.1 Å². The number of hydrogen-bond acceptors (Lipinski definition) is 5. The van der Waals surface area contributed by atoms with Gasteiger partial charge in [0, 0.05) is 24.5 Å². The molecule has 1 N–H and O–H groups in total. The number of rotatable bonds is 6. The maximum atomic E-state index is 12.4. The number of nitrogens with zero attached hydrogens (tertiary/aromatic N) is 2. The number of pyridine rings is 1. The number of fused-ring (bicyclic) bond motifs is 2. The van der Waals surface area contributed by atoms with Gasteiger partial charge in [-0.2, -0.15) is 0 Å². The summed E-state index contributed by atoms with van der Waals surface area (Å²) in [4.78, 5) is 17.0. The van der Waals surface area contributed by atoms with Gasteiger partial charge in [0.1, 0.15) is 18.0 Å². The molecule has 3 heterocycles. The minimum Gasteiger partial charge on any atom is -0.487 e. The van der Waals surface area contributed by atoms with Crippen LogP contribution in [0.15, 0.2) is 67.0 Å². The number of nitrogens with one attached hydrogen (secondary N) is 1. The minimum absolute atomic E-state index is 0.153. The standard InChI is InChI=1S/C24H21N3O4/c1-16-2-9-23-26-19(13-27(23)12-16)14-29-20-6-4-18(5-7-20)24(28)25-11-17-3-8-21-22(10-17)31-15-30-21/h2-10,12-13H,11,14-15H2,1H3,(H,25,28). The third-order valence-electron chi connectivity index (χ3n) is 5.04. The molecule has 156 valence electrons. The van der Waals surface area contributed by atoms with E-state index in [4.69, 9.17) is 14.2 Å². The molecule has 1 amide bonds. The number of carbonyl (C=O) groups is 1. The molecule has 0 spiro atoms. The minimum atomic E-state index is -0.153. The van der Waals surface area contributed by atoms with Crippen molar-refractivity contribution in [1.29, 1.82) is 0 Å². The molecule has 0 bridgehead atoms. The van der Waals surface area contributed by atoms with Gasteiger partial charge in [-0.25, -0.2) is 4.98 Å². The van der Waals surface area contributed by atoms with Crippen molar-refractivity contribution in [3.8, 4) is 17.2 Å². The van der Waals surface area contributed by atoms with Crippen molar-refractivity contribution in [2.75, 3.05) is 6.79 Å². The quantitative estimate of drug-likeness (QED) is 0.517. The molecule has 0 saturated heterocycles. The van der Waals surface area contributed by atoms with E-state index >= 15 is 0 Å².